The number of rotatable bonds is 3. The summed E-state index contributed by atoms with van der Waals surface area (Å²) in [4.78, 5) is 2.01. The summed E-state index contributed by atoms with van der Waals surface area (Å²) in [5, 5.41) is -0.149. The number of hydrogen-bond donors (Lipinski definition) is 0. The van der Waals surface area contributed by atoms with Gasteiger partial charge in [-0.05, 0) is 34.9 Å². The molecule has 1 unspecified atom stereocenters. The molecule has 0 aliphatic heterocycles. The van der Waals surface area contributed by atoms with Gasteiger partial charge in [0.1, 0.15) is 6.16 Å². The van der Waals surface area contributed by atoms with Crippen molar-refractivity contribution in [2.45, 2.75) is 26.1 Å². The lowest BCUT2D eigenvalue weighted by Gasteiger charge is -2.21. The van der Waals surface area contributed by atoms with Gasteiger partial charge in [0.05, 0.1) is 0 Å². The van der Waals surface area contributed by atoms with Crippen LogP contribution in [-0.4, -0.2) is 30.4 Å². The summed E-state index contributed by atoms with van der Waals surface area (Å²) in [7, 11) is 2.84. The Balaban J connectivity index is 4.24. The molecule has 0 aromatic carbocycles. The standard InChI is InChI=1S/C7H17NOP/c1-6-10(9)7(2,3)8(4)5/h6H2,1-5H3/q+1. The van der Waals surface area contributed by atoms with Crippen molar-refractivity contribution in [3.63, 3.8) is 0 Å². The Morgan fingerprint density at radius 1 is 1.40 bits per heavy atom. The first-order valence-corrected chi connectivity index (χ1v) is 4.99. The van der Waals surface area contributed by atoms with Crippen LogP contribution < -0.4 is 0 Å². The van der Waals surface area contributed by atoms with E-state index in [4.69, 9.17) is 0 Å². The molecule has 10 heavy (non-hydrogen) atoms. The topological polar surface area (TPSA) is 20.3 Å². The third-order valence-electron chi connectivity index (χ3n) is 1.99. The van der Waals surface area contributed by atoms with Gasteiger partial charge in [0, 0.05) is 0 Å². The molecule has 0 fully saturated rings. The molecule has 0 aliphatic rings. The first kappa shape index (κ1) is 10.1. The molecule has 0 spiro atoms. The van der Waals surface area contributed by atoms with E-state index in [1.165, 1.54) is 0 Å². The maximum atomic E-state index is 11.4. The minimum atomic E-state index is -1.09. The Labute approximate surface area is 64.4 Å². The van der Waals surface area contributed by atoms with Gasteiger partial charge in [-0.2, -0.15) is 0 Å². The molecule has 0 amide bonds. The van der Waals surface area contributed by atoms with Gasteiger partial charge in [-0.1, -0.05) is 4.57 Å². The average molecular weight is 162 g/mol. The van der Waals surface area contributed by atoms with Gasteiger partial charge < -0.3 is 0 Å². The molecule has 0 radical (unpaired) electrons. The van der Waals surface area contributed by atoms with Crippen molar-refractivity contribution >= 4 is 7.80 Å². The maximum absolute atomic E-state index is 11.4. The highest BCUT2D eigenvalue weighted by atomic mass is 31.1. The maximum Gasteiger partial charge on any atom is 0.359 e. The fourth-order valence-electron chi connectivity index (χ4n) is 0.610. The third kappa shape index (κ3) is 2.03. The van der Waals surface area contributed by atoms with Gasteiger partial charge >= 0.3 is 7.80 Å². The van der Waals surface area contributed by atoms with E-state index in [0.717, 1.165) is 6.16 Å². The third-order valence-corrected chi connectivity index (χ3v) is 4.19. The molecule has 0 saturated heterocycles. The summed E-state index contributed by atoms with van der Waals surface area (Å²) >= 11 is 0. The monoisotopic (exact) mass is 162 g/mol. The number of hydrogen-bond acceptors (Lipinski definition) is 2. The van der Waals surface area contributed by atoms with Crippen molar-refractivity contribution in [3.8, 4) is 0 Å². The average Bonchev–Trinajstić information content (AvgIpc) is 1.86. The summed E-state index contributed by atoms with van der Waals surface area (Å²) in [6.07, 6.45) is 0.764. The quantitative estimate of drug-likeness (QED) is 0.592. The van der Waals surface area contributed by atoms with E-state index in [1.807, 2.05) is 39.8 Å². The van der Waals surface area contributed by atoms with E-state index >= 15 is 0 Å². The Morgan fingerprint density at radius 3 is 1.90 bits per heavy atom. The van der Waals surface area contributed by atoms with Crippen LogP contribution in [0.1, 0.15) is 20.8 Å². The van der Waals surface area contributed by atoms with Gasteiger partial charge in [-0.15, -0.1) is 0 Å². The van der Waals surface area contributed by atoms with Crippen LogP contribution in [-0.2, 0) is 4.57 Å². The fraction of sp³-hybridized carbons (Fsp3) is 1.00. The van der Waals surface area contributed by atoms with E-state index in [2.05, 4.69) is 0 Å². The van der Waals surface area contributed by atoms with E-state index in [0.29, 0.717) is 0 Å². The largest absolute Gasteiger partial charge is 0.359 e. The molecule has 0 aromatic rings. The highest BCUT2D eigenvalue weighted by molar-refractivity contribution is 7.46. The molecule has 2 nitrogen and oxygen atoms in total. The predicted molar refractivity (Wildman–Crippen MR) is 45.9 cm³/mol. The zero-order chi connectivity index (χ0) is 8.36. The Hall–Kier alpha value is 0.0600. The summed E-state index contributed by atoms with van der Waals surface area (Å²) < 4.78 is 11.4. The van der Waals surface area contributed by atoms with Crippen LogP contribution in [0.25, 0.3) is 0 Å². The zero-order valence-corrected chi connectivity index (χ0v) is 8.40. The lowest BCUT2D eigenvalue weighted by Crippen LogP contribution is -2.34. The van der Waals surface area contributed by atoms with Crippen LogP contribution in [0.5, 0.6) is 0 Å². The van der Waals surface area contributed by atoms with Crippen molar-refractivity contribution < 1.29 is 4.57 Å². The second kappa shape index (κ2) is 3.45. The lowest BCUT2D eigenvalue weighted by atomic mass is 10.3. The molecule has 1 atom stereocenters. The van der Waals surface area contributed by atoms with Gasteiger partial charge in [0.2, 0.25) is 5.28 Å². The zero-order valence-electron chi connectivity index (χ0n) is 7.51. The van der Waals surface area contributed by atoms with Gasteiger partial charge in [0.15, 0.2) is 0 Å². The highest BCUT2D eigenvalue weighted by Gasteiger charge is 2.39. The van der Waals surface area contributed by atoms with Crippen LogP contribution in [0.4, 0.5) is 0 Å². The molecule has 0 rings (SSSR count). The molecule has 0 saturated carbocycles. The molecule has 0 aliphatic carbocycles. The van der Waals surface area contributed by atoms with Crippen LogP contribution in [0, 0.1) is 0 Å². The van der Waals surface area contributed by atoms with Crippen LogP contribution in [0.2, 0.25) is 0 Å². The SMILES string of the molecule is CC[P+](=O)C(C)(C)N(C)C. The number of nitrogens with zero attached hydrogens (tertiary/aromatic N) is 1. The first-order chi connectivity index (χ1) is 4.42. The second-order valence-corrected chi connectivity index (χ2v) is 5.57. The van der Waals surface area contributed by atoms with E-state index in [-0.39, 0.29) is 5.28 Å². The Bertz CT molecular complexity index is 132. The Kier molecular flexibility index (Phi) is 3.47. The highest BCUT2D eigenvalue weighted by Crippen LogP contribution is 2.39. The smallest absolute Gasteiger partial charge is 0.264 e. The van der Waals surface area contributed by atoms with Crippen molar-refractivity contribution in [2.75, 3.05) is 20.3 Å². The second-order valence-electron chi connectivity index (χ2n) is 3.08. The molecular formula is C7H17NOP+. The van der Waals surface area contributed by atoms with Crippen LogP contribution in [0.15, 0.2) is 0 Å². The predicted octanol–water partition coefficient (Wildman–Crippen LogP) is 2.13. The van der Waals surface area contributed by atoms with Gasteiger partial charge in [-0.3, -0.25) is 4.90 Å². The van der Waals surface area contributed by atoms with Crippen LogP contribution >= 0.6 is 7.80 Å². The van der Waals surface area contributed by atoms with Crippen molar-refractivity contribution in [1.82, 2.24) is 4.90 Å². The molecule has 0 bridgehead atoms. The Morgan fingerprint density at radius 2 is 1.80 bits per heavy atom. The minimum absolute atomic E-state index is 0.149. The summed E-state index contributed by atoms with van der Waals surface area (Å²) in [5.74, 6) is 0. The van der Waals surface area contributed by atoms with Gasteiger partial charge in [-0.25, -0.2) is 0 Å². The van der Waals surface area contributed by atoms with Crippen molar-refractivity contribution in [2.24, 2.45) is 0 Å². The van der Waals surface area contributed by atoms with E-state index < -0.39 is 7.80 Å². The molecule has 0 heterocycles. The summed E-state index contributed by atoms with van der Waals surface area (Å²) in [5.41, 5.74) is 0. The molecular weight excluding hydrogens is 145 g/mol. The molecule has 3 heteroatoms. The minimum Gasteiger partial charge on any atom is -0.264 e. The van der Waals surface area contributed by atoms with Crippen molar-refractivity contribution in [1.29, 1.82) is 0 Å². The van der Waals surface area contributed by atoms with Crippen LogP contribution in [0.3, 0.4) is 0 Å². The first-order valence-electron chi connectivity index (χ1n) is 3.55. The lowest BCUT2D eigenvalue weighted by molar-refractivity contribution is 0.285. The summed E-state index contributed by atoms with van der Waals surface area (Å²) in [6.45, 7) is 5.98. The normalized spacial score (nSPS) is 14.0. The molecule has 0 aromatic heterocycles. The molecule has 60 valence electrons. The molecule has 0 N–H and O–H groups in total. The fourth-order valence-corrected chi connectivity index (χ4v) is 1.83. The van der Waals surface area contributed by atoms with E-state index in [9.17, 15) is 4.57 Å². The van der Waals surface area contributed by atoms with E-state index in [1.54, 1.807) is 0 Å². The van der Waals surface area contributed by atoms with Gasteiger partial charge in [0.25, 0.3) is 0 Å². The summed E-state index contributed by atoms with van der Waals surface area (Å²) in [6, 6.07) is 0. The van der Waals surface area contributed by atoms with Crippen molar-refractivity contribution in [3.05, 3.63) is 0 Å².